The van der Waals surface area contributed by atoms with Crippen LogP contribution in [-0.2, 0) is 13.0 Å². The number of methoxy groups -OCH3 is 2. The topological polar surface area (TPSA) is 33.7 Å². The molecule has 0 saturated carbocycles. The molecule has 5 heteroatoms. The van der Waals surface area contributed by atoms with E-state index in [0.717, 1.165) is 31.0 Å². The first-order valence-corrected chi connectivity index (χ1v) is 11.1. The molecule has 31 heavy (non-hydrogen) atoms. The number of hydrogen-bond donors (Lipinski definition) is 1. The Hall–Kier alpha value is -1.75. The standard InChI is InChI=1S/C26H38N2O2.ClH/c1-20-19-28(3)21(2)16-26(20,17-22-9-7-6-8-10-22)13-14-27-18-23-11-12-24(29-4)25(15-23)30-5;/h6-12,15,20-21,27H,13-14,16-19H2,1-5H3;1H/p-1. The fourth-order valence-corrected chi connectivity index (χ4v) is 5.00. The van der Waals surface area contributed by atoms with Gasteiger partial charge in [0.25, 0.3) is 0 Å². The Morgan fingerprint density at radius 1 is 1.00 bits per heavy atom. The molecule has 0 spiro atoms. The van der Waals surface area contributed by atoms with Gasteiger partial charge >= 0.3 is 0 Å². The van der Waals surface area contributed by atoms with Gasteiger partial charge in [0, 0.05) is 19.1 Å². The molecular formula is C26H38ClN2O2-. The number of benzene rings is 2. The predicted octanol–water partition coefficient (Wildman–Crippen LogP) is 1.78. The molecule has 1 heterocycles. The predicted molar refractivity (Wildman–Crippen MR) is 124 cm³/mol. The van der Waals surface area contributed by atoms with Crippen molar-refractivity contribution in [3.05, 3.63) is 59.7 Å². The summed E-state index contributed by atoms with van der Waals surface area (Å²) in [5, 5.41) is 3.68. The van der Waals surface area contributed by atoms with E-state index in [1.807, 2.05) is 6.07 Å². The minimum absolute atomic E-state index is 0. The van der Waals surface area contributed by atoms with Crippen molar-refractivity contribution in [2.75, 3.05) is 34.4 Å². The lowest BCUT2D eigenvalue weighted by molar-refractivity contribution is -0.00000985. The van der Waals surface area contributed by atoms with Crippen LogP contribution in [0.5, 0.6) is 11.5 Å². The van der Waals surface area contributed by atoms with Crippen LogP contribution in [0.3, 0.4) is 0 Å². The summed E-state index contributed by atoms with van der Waals surface area (Å²) >= 11 is 0. The van der Waals surface area contributed by atoms with Gasteiger partial charge in [-0.05, 0) is 74.4 Å². The largest absolute Gasteiger partial charge is 1.00 e. The van der Waals surface area contributed by atoms with Crippen molar-refractivity contribution in [3.8, 4) is 11.5 Å². The van der Waals surface area contributed by atoms with Crippen LogP contribution in [0, 0.1) is 11.3 Å². The van der Waals surface area contributed by atoms with Crippen LogP contribution in [0.15, 0.2) is 48.5 Å². The van der Waals surface area contributed by atoms with Crippen molar-refractivity contribution < 1.29 is 21.9 Å². The molecule has 0 aromatic heterocycles. The fourth-order valence-electron chi connectivity index (χ4n) is 5.00. The summed E-state index contributed by atoms with van der Waals surface area (Å²) in [6, 6.07) is 17.8. The summed E-state index contributed by atoms with van der Waals surface area (Å²) in [6.45, 7) is 7.85. The van der Waals surface area contributed by atoms with E-state index in [2.05, 4.69) is 73.6 Å². The van der Waals surface area contributed by atoms with Gasteiger partial charge in [-0.1, -0.05) is 43.3 Å². The van der Waals surface area contributed by atoms with Gasteiger partial charge in [0.15, 0.2) is 11.5 Å². The third kappa shape index (κ3) is 6.38. The van der Waals surface area contributed by atoms with Crippen molar-refractivity contribution in [1.29, 1.82) is 0 Å². The molecule has 1 saturated heterocycles. The fraction of sp³-hybridized carbons (Fsp3) is 0.538. The number of hydrogen-bond acceptors (Lipinski definition) is 4. The number of ether oxygens (including phenoxy) is 2. The van der Waals surface area contributed by atoms with Crippen LogP contribution < -0.4 is 27.2 Å². The van der Waals surface area contributed by atoms with Crippen molar-refractivity contribution >= 4 is 0 Å². The zero-order valence-electron chi connectivity index (χ0n) is 19.7. The smallest absolute Gasteiger partial charge is 0.161 e. The third-order valence-corrected chi connectivity index (χ3v) is 7.04. The average molecular weight is 446 g/mol. The minimum atomic E-state index is 0. The molecule has 0 amide bonds. The van der Waals surface area contributed by atoms with E-state index >= 15 is 0 Å². The number of nitrogens with one attached hydrogen (secondary N) is 1. The maximum atomic E-state index is 5.44. The van der Waals surface area contributed by atoms with Crippen LogP contribution in [-0.4, -0.2) is 45.3 Å². The molecule has 1 aliphatic rings. The van der Waals surface area contributed by atoms with Crippen LogP contribution in [0.25, 0.3) is 0 Å². The van der Waals surface area contributed by atoms with Gasteiger partial charge in [-0.2, -0.15) is 0 Å². The molecule has 2 aromatic carbocycles. The average Bonchev–Trinajstić information content (AvgIpc) is 2.76. The molecule has 3 rings (SSSR count). The number of piperidine rings is 1. The highest BCUT2D eigenvalue weighted by Crippen LogP contribution is 2.44. The zero-order chi connectivity index (χ0) is 21.6. The molecule has 3 atom stereocenters. The van der Waals surface area contributed by atoms with Gasteiger partial charge in [0.05, 0.1) is 14.2 Å². The summed E-state index contributed by atoms with van der Waals surface area (Å²) in [5.74, 6) is 2.23. The van der Waals surface area contributed by atoms with Crippen molar-refractivity contribution in [2.24, 2.45) is 11.3 Å². The monoisotopic (exact) mass is 445 g/mol. The third-order valence-electron chi connectivity index (χ3n) is 7.04. The van der Waals surface area contributed by atoms with E-state index < -0.39 is 0 Å². The highest BCUT2D eigenvalue weighted by molar-refractivity contribution is 5.42. The van der Waals surface area contributed by atoms with Crippen molar-refractivity contribution in [2.45, 2.75) is 45.7 Å². The molecule has 2 aromatic rings. The summed E-state index contributed by atoms with van der Waals surface area (Å²) in [5.41, 5.74) is 3.01. The number of rotatable bonds is 9. The minimum Gasteiger partial charge on any atom is -1.00 e. The quantitative estimate of drug-likeness (QED) is 0.596. The van der Waals surface area contributed by atoms with E-state index in [0.29, 0.717) is 17.4 Å². The van der Waals surface area contributed by atoms with Gasteiger partial charge in [-0.25, -0.2) is 0 Å². The molecule has 1 aliphatic heterocycles. The van der Waals surface area contributed by atoms with Gasteiger partial charge < -0.3 is 32.1 Å². The van der Waals surface area contributed by atoms with E-state index in [-0.39, 0.29) is 12.4 Å². The Balaban J connectivity index is 0.00000341. The summed E-state index contributed by atoms with van der Waals surface area (Å²) < 4.78 is 10.8. The Labute approximate surface area is 194 Å². The Kier molecular flexibility index (Phi) is 9.67. The number of nitrogens with zero attached hydrogens (tertiary/aromatic N) is 1. The summed E-state index contributed by atoms with van der Waals surface area (Å²) in [4.78, 5) is 2.52. The molecular weight excluding hydrogens is 408 g/mol. The first kappa shape index (κ1) is 25.5. The second kappa shape index (κ2) is 11.8. The van der Waals surface area contributed by atoms with E-state index in [1.165, 1.54) is 30.5 Å². The first-order chi connectivity index (χ1) is 14.5. The first-order valence-electron chi connectivity index (χ1n) is 11.1. The van der Waals surface area contributed by atoms with Crippen LogP contribution in [0.4, 0.5) is 0 Å². The van der Waals surface area contributed by atoms with Crippen molar-refractivity contribution in [3.63, 3.8) is 0 Å². The second-order valence-electron chi connectivity index (χ2n) is 9.03. The molecule has 0 bridgehead atoms. The van der Waals surface area contributed by atoms with Crippen LogP contribution >= 0.6 is 0 Å². The normalized spacial score (nSPS) is 23.8. The molecule has 1 fully saturated rings. The highest BCUT2D eigenvalue weighted by atomic mass is 35.5. The van der Waals surface area contributed by atoms with Gasteiger partial charge in [-0.3, -0.25) is 0 Å². The SMILES string of the molecule is COc1ccc(CNCCC2(Cc3ccccc3)CC(C)N(C)CC2C)cc1OC.[Cl-]. The Morgan fingerprint density at radius 2 is 1.71 bits per heavy atom. The zero-order valence-corrected chi connectivity index (χ0v) is 20.4. The molecule has 172 valence electrons. The summed E-state index contributed by atoms with van der Waals surface area (Å²) in [6.07, 6.45) is 3.59. The Morgan fingerprint density at radius 3 is 2.39 bits per heavy atom. The lowest BCUT2D eigenvalue weighted by Crippen LogP contribution is -3.00. The van der Waals surface area contributed by atoms with E-state index in [4.69, 9.17) is 9.47 Å². The molecule has 3 unspecified atom stereocenters. The van der Waals surface area contributed by atoms with Gasteiger partial charge in [0.1, 0.15) is 0 Å². The number of halogens is 1. The van der Waals surface area contributed by atoms with Gasteiger partial charge in [-0.15, -0.1) is 0 Å². The molecule has 0 radical (unpaired) electrons. The lowest BCUT2D eigenvalue weighted by Gasteiger charge is -2.49. The molecule has 0 aliphatic carbocycles. The van der Waals surface area contributed by atoms with Gasteiger partial charge in [0.2, 0.25) is 0 Å². The molecule has 4 nitrogen and oxygen atoms in total. The number of likely N-dealkylation sites (tertiary alicyclic amines) is 1. The van der Waals surface area contributed by atoms with Crippen LogP contribution in [0.1, 0.15) is 37.8 Å². The highest BCUT2D eigenvalue weighted by Gasteiger charge is 2.42. The van der Waals surface area contributed by atoms with Crippen LogP contribution in [0.2, 0.25) is 0 Å². The lowest BCUT2D eigenvalue weighted by atomic mass is 9.63. The Bertz CT molecular complexity index is 801. The maximum Gasteiger partial charge on any atom is 0.161 e. The second-order valence-corrected chi connectivity index (χ2v) is 9.03. The van der Waals surface area contributed by atoms with E-state index in [1.54, 1.807) is 14.2 Å². The summed E-state index contributed by atoms with van der Waals surface area (Å²) in [7, 11) is 5.62. The maximum absolute atomic E-state index is 5.44. The van der Waals surface area contributed by atoms with Crippen molar-refractivity contribution in [1.82, 2.24) is 10.2 Å². The molecule has 1 N–H and O–H groups in total. The van der Waals surface area contributed by atoms with E-state index in [9.17, 15) is 0 Å².